The van der Waals surface area contributed by atoms with E-state index < -0.39 is 0 Å². The van der Waals surface area contributed by atoms with Crippen LogP contribution >= 0.6 is 0 Å². The highest BCUT2D eigenvalue weighted by Gasteiger charge is 2.42. The highest BCUT2D eigenvalue weighted by molar-refractivity contribution is 6.35. The van der Waals surface area contributed by atoms with E-state index in [1.165, 1.54) is 4.90 Å². The summed E-state index contributed by atoms with van der Waals surface area (Å²) in [6.07, 6.45) is -0.00794. The zero-order valence-corrected chi connectivity index (χ0v) is 17.8. The molecule has 0 aromatic heterocycles. The number of hydrogen-bond donors (Lipinski definition) is 0. The highest BCUT2D eigenvalue weighted by atomic mass is 16.5. The van der Waals surface area contributed by atoms with E-state index in [1.807, 2.05) is 44.7 Å². The summed E-state index contributed by atoms with van der Waals surface area (Å²) < 4.78 is 16.6. The maximum Gasteiger partial charge on any atom is 0.277 e. The van der Waals surface area contributed by atoms with Gasteiger partial charge in [0.1, 0.15) is 11.4 Å². The van der Waals surface area contributed by atoms with Crippen molar-refractivity contribution in [3.63, 3.8) is 0 Å². The van der Waals surface area contributed by atoms with Gasteiger partial charge in [0.15, 0.2) is 0 Å². The number of carbonyl (C=O) groups excluding carboxylic acids is 2. The fourth-order valence-corrected chi connectivity index (χ4v) is 3.82. The van der Waals surface area contributed by atoms with Gasteiger partial charge in [-0.15, -0.1) is 0 Å². The van der Waals surface area contributed by atoms with E-state index in [0.717, 1.165) is 0 Å². The smallest absolute Gasteiger partial charge is 0.277 e. The Morgan fingerprint density at radius 3 is 2.24 bits per heavy atom. The second-order valence-corrected chi connectivity index (χ2v) is 7.80. The van der Waals surface area contributed by atoms with E-state index in [-0.39, 0.29) is 36.7 Å². The molecule has 0 aliphatic carbocycles. The van der Waals surface area contributed by atoms with Crippen molar-refractivity contribution in [1.29, 1.82) is 0 Å². The zero-order valence-electron chi connectivity index (χ0n) is 17.8. The van der Waals surface area contributed by atoms with Crippen molar-refractivity contribution in [1.82, 2.24) is 9.80 Å². The molecule has 1 saturated heterocycles. The van der Waals surface area contributed by atoms with Gasteiger partial charge in [0.2, 0.25) is 0 Å². The zero-order chi connectivity index (χ0) is 21.1. The lowest BCUT2D eigenvalue weighted by molar-refractivity contribution is -0.139. The van der Waals surface area contributed by atoms with E-state index >= 15 is 0 Å². The molecule has 29 heavy (non-hydrogen) atoms. The van der Waals surface area contributed by atoms with E-state index in [1.54, 1.807) is 19.2 Å². The molecule has 0 bridgehead atoms. The topological polar surface area (TPSA) is 68.3 Å². The summed E-state index contributed by atoms with van der Waals surface area (Å²) in [4.78, 5) is 29.8. The summed E-state index contributed by atoms with van der Waals surface area (Å²) in [5.41, 5.74) is 1.59. The third-order valence-electron chi connectivity index (χ3n) is 5.02. The standard InChI is InChI=1S/C22H30N2O5/c1-14(2)28-11-10-24-21(25)19(17-6-8-18(27-5)9-7-17)20(22(24)26)23-12-15(3)29-16(4)13-23/h6-9,14-16H,10-13H2,1-5H3. The van der Waals surface area contributed by atoms with Crippen LogP contribution in [0.1, 0.15) is 33.3 Å². The van der Waals surface area contributed by atoms with Crippen LogP contribution in [-0.2, 0) is 19.1 Å². The van der Waals surface area contributed by atoms with E-state index in [4.69, 9.17) is 14.2 Å². The maximum atomic E-state index is 13.3. The molecule has 1 aromatic carbocycles. The average Bonchev–Trinajstić information content (AvgIpc) is 2.91. The molecular weight excluding hydrogens is 372 g/mol. The van der Waals surface area contributed by atoms with Gasteiger partial charge in [0.25, 0.3) is 11.8 Å². The molecular formula is C22H30N2O5. The second kappa shape index (κ2) is 8.97. The minimum atomic E-state index is -0.283. The predicted octanol–water partition coefficient (Wildman–Crippen LogP) is 2.31. The summed E-state index contributed by atoms with van der Waals surface area (Å²) in [5.74, 6) is 0.146. The Kier molecular flexibility index (Phi) is 6.59. The quantitative estimate of drug-likeness (QED) is 0.652. The van der Waals surface area contributed by atoms with Crippen LogP contribution in [0.3, 0.4) is 0 Å². The first kappa shape index (κ1) is 21.3. The summed E-state index contributed by atoms with van der Waals surface area (Å²) >= 11 is 0. The molecule has 0 N–H and O–H groups in total. The first-order chi connectivity index (χ1) is 13.8. The van der Waals surface area contributed by atoms with Crippen LogP contribution in [0, 0.1) is 0 Å². The van der Waals surface area contributed by atoms with Crippen LogP contribution in [0.5, 0.6) is 5.75 Å². The number of nitrogens with zero attached hydrogens (tertiary/aromatic N) is 2. The fourth-order valence-electron chi connectivity index (χ4n) is 3.82. The van der Waals surface area contributed by atoms with Gasteiger partial charge in [-0.1, -0.05) is 12.1 Å². The number of rotatable bonds is 7. The van der Waals surface area contributed by atoms with Gasteiger partial charge >= 0.3 is 0 Å². The van der Waals surface area contributed by atoms with Gasteiger partial charge in [0, 0.05) is 13.1 Å². The van der Waals surface area contributed by atoms with Crippen molar-refractivity contribution < 1.29 is 23.8 Å². The molecule has 158 valence electrons. The Morgan fingerprint density at radius 1 is 1.07 bits per heavy atom. The molecule has 2 amide bonds. The van der Waals surface area contributed by atoms with E-state index in [2.05, 4.69) is 0 Å². The minimum Gasteiger partial charge on any atom is -0.497 e. The minimum absolute atomic E-state index is 0.0235. The predicted molar refractivity (Wildman–Crippen MR) is 109 cm³/mol. The summed E-state index contributed by atoms with van der Waals surface area (Å²) in [7, 11) is 1.59. The molecule has 3 rings (SSSR count). The van der Waals surface area contributed by atoms with Crippen LogP contribution in [0.15, 0.2) is 30.0 Å². The van der Waals surface area contributed by atoms with Crippen LogP contribution in [0.25, 0.3) is 5.57 Å². The normalized spacial score (nSPS) is 22.8. The monoisotopic (exact) mass is 402 g/mol. The molecule has 0 spiro atoms. The first-order valence-electron chi connectivity index (χ1n) is 10.1. The molecule has 2 heterocycles. The Bertz CT molecular complexity index is 777. The average molecular weight is 402 g/mol. The van der Waals surface area contributed by atoms with Gasteiger partial charge in [-0.05, 0) is 45.4 Å². The van der Waals surface area contributed by atoms with E-state index in [9.17, 15) is 9.59 Å². The Labute approximate surface area is 172 Å². The number of methoxy groups -OCH3 is 1. The van der Waals surface area contributed by atoms with Crippen molar-refractivity contribution in [2.24, 2.45) is 0 Å². The molecule has 2 unspecified atom stereocenters. The Morgan fingerprint density at radius 2 is 1.69 bits per heavy atom. The number of benzene rings is 1. The van der Waals surface area contributed by atoms with Gasteiger partial charge < -0.3 is 19.1 Å². The summed E-state index contributed by atoms with van der Waals surface area (Å²) in [6, 6.07) is 7.24. The molecule has 7 heteroatoms. The second-order valence-electron chi connectivity index (χ2n) is 7.80. The van der Waals surface area contributed by atoms with Crippen molar-refractivity contribution in [2.45, 2.75) is 46.0 Å². The Balaban J connectivity index is 1.96. The lowest BCUT2D eigenvalue weighted by Crippen LogP contribution is -2.47. The van der Waals surface area contributed by atoms with Crippen molar-refractivity contribution in [3.05, 3.63) is 35.5 Å². The Hall–Kier alpha value is -2.38. The lowest BCUT2D eigenvalue weighted by atomic mass is 10.0. The van der Waals surface area contributed by atoms with Crippen LogP contribution < -0.4 is 4.74 Å². The number of morpholine rings is 1. The van der Waals surface area contributed by atoms with Gasteiger partial charge in [-0.25, -0.2) is 0 Å². The van der Waals surface area contributed by atoms with Crippen molar-refractivity contribution >= 4 is 17.4 Å². The fraction of sp³-hybridized carbons (Fsp3) is 0.545. The molecule has 1 fully saturated rings. The number of ether oxygens (including phenoxy) is 3. The first-order valence-corrected chi connectivity index (χ1v) is 10.1. The third-order valence-corrected chi connectivity index (χ3v) is 5.02. The SMILES string of the molecule is COc1ccc(C2=C(N3CC(C)OC(C)C3)C(=O)N(CCOC(C)C)C2=O)cc1. The summed E-state index contributed by atoms with van der Waals surface area (Å²) in [5, 5.41) is 0. The molecule has 0 radical (unpaired) electrons. The van der Waals surface area contributed by atoms with Gasteiger partial charge in [-0.3, -0.25) is 14.5 Å². The molecule has 1 aromatic rings. The number of imide groups is 1. The number of amides is 2. The molecule has 2 atom stereocenters. The van der Waals surface area contributed by atoms with Crippen LogP contribution in [0.2, 0.25) is 0 Å². The van der Waals surface area contributed by atoms with Crippen molar-refractivity contribution in [3.8, 4) is 5.75 Å². The van der Waals surface area contributed by atoms with E-state index in [0.29, 0.717) is 42.3 Å². The number of carbonyl (C=O) groups is 2. The number of hydrogen-bond acceptors (Lipinski definition) is 6. The summed E-state index contributed by atoms with van der Waals surface area (Å²) in [6.45, 7) is 9.48. The van der Waals surface area contributed by atoms with Crippen LogP contribution in [-0.4, -0.2) is 73.3 Å². The van der Waals surface area contributed by atoms with Crippen molar-refractivity contribution in [2.75, 3.05) is 33.4 Å². The van der Waals surface area contributed by atoms with Gasteiger partial charge in [-0.2, -0.15) is 0 Å². The molecule has 2 aliphatic rings. The molecule has 7 nitrogen and oxygen atoms in total. The van der Waals surface area contributed by atoms with Gasteiger partial charge in [0.05, 0.1) is 44.1 Å². The van der Waals surface area contributed by atoms with Crippen LogP contribution in [0.4, 0.5) is 0 Å². The maximum absolute atomic E-state index is 13.3. The molecule has 0 saturated carbocycles. The largest absolute Gasteiger partial charge is 0.497 e. The highest BCUT2D eigenvalue weighted by Crippen LogP contribution is 2.33. The third kappa shape index (κ3) is 4.62. The lowest BCUT2D eigenvalue weighted by Gasteiger charge is -2.37. The molecule has 2 aliphatic heterocycles.